The fraction of sp³-hybridized carbons (Fsp3) is 0.321. The average Bonchev–Trinajstić information content (AvgIpc) is 3.10. The molecule has 194 valence electrons. The number of ether oxygens (including phenoxy) is 1. The van der Waals surface area contributed by atoms with Crippen molar-refractivity contribution in [3.8, 4) is 5.75 Å². The predicted octanol–water partition coefficient (Wildman–Crippen LogP) is 6.44. The first kappa shape index (κ1) is 26.8. The lowest BCUT2D eigenvalue weighted by atomic mass is 9.87. The van der Waals surface area contributed by atoms with Crippen LogP contribution in [-0.4, -0.2) is 47.7 Å². The summed E-state index contributed by atoms with van der Waals surface area (Å²) < 4.78 is 5.70. The Hall–Kier alpha value is -3.23. The van der Waals surface area contributed by atoms with E-state index < -0.39 is 17.1 Å². The number of halogens is 1. The largest absolute Gasteiger partial charge is 0.496 e. The molecule has 0 radical (unpaired) electrons. The molecular formula is C28H30ClN3O4S. The average molecular weight is 540 g/mol. The maximum absolute atomic E-state index is 13.1. The molecule has 0 spiro atoms. The molecule has 2 aromatic rings. The van der Waals surface area contributed by atoms with Crippen molar-refractivity contribution in [1.29, 1.82) is 0 Å². The topological polar surface area (TPSA) is 79.0 Å². The number of fused-ring (bicyclic) bond motifs is 1. The van der Waals surface area contributed by atoms with E-state index in [-0.39, 0.29) is 17.0 Å². The van der Waals surface area contributed by atoms with E-state index in [1.807, 2.05) is 12.1 Å². The second kappa shape index (κ2) is 10.6. The molecule has 9 heteroatoms. The fourth-order valence-electron chi connectivity index (χ4n) is 4.70. The molecule has 0 bridgehead atoms. The highest BCUT2D eigenvalue weighted by Crippen LogP contribution is 2.43. The van der Waals surface area contributed by atoms with Crippen molar-refractivity contribution < 1.29 is 19.1 Å². The lowest BCUT2D eigenvalue weighted by Gasteiger charge is -2.43. The Morgan fingerprint density at radius 2 is 1.89 bits per heavy atom. The summed E-state index contributed by atoms with van der Waals surface area (Å²) in [6.07, 6.45) is 4.91. The van der Waals surface area contributed by atoms with E-state index in [1.165, 1.54) is 0 Å². The lowest BCUT2D eigenvalue weighted by molar-refractivity contribution is -0.127. The summed E-state index contributed by atoms with van der Waals surface area (Å²) in [6.45, 7) is 9.12. The van der Waals surface area contributed by atoms with Crippen molar-refractivity contribution in [2.75, 3.05) is 30.4 Å². The lowest BCUT2D eigenvalue weighted by Crippen LogP contribution is -2.45. The van der Waals surface area contributed by atoms with Gasteiger partial charge in [-0.2, -0.15) is 0 Å². The number of anilines is 2. The Morgan fingerprint density at radius 3 is 2.54 bits per heavy atom. The number of benzene rings is 2. The van der Waals surface area contributed by atoms with Gasteiger partial charge in [-0.05, 0) is 80.9 Å². The molecule has 2 aliphatic heterocycles. The highest BCUT2D eigenvalue weighted by Gasteiger charge is 2.37. The van der Waals surface area contributed by atoms with Gasteiger partial charge in [0, 0.05) is 40.1 Å². The Labute approximate surface area is 226 Å². The van der Waals surface area contributed by atoms with E-state index in [2.05, 4.69) is 44.0 Å². The molecule has 0 aliphatic carbocycles. The third-order valence-corrected chi connectivity index (χ3v) is 7.53. The van der Waals surface area contributed by atoms with Crippen molar-refractivity contribution in [2.24, 2.45) is 0 Å². The van der Waals surface area contributed by atoms with Gasteiger partial charge < -0.3 is 15.0 Å². The molecule has 2 heterocycles. The zero-order valence-corrected chi connectivity index (χ0v) is 23.1. The standard InChI is InChI=1S/C28H30ClN3O4S/c1-6-11-32-22-14-23(36-5)18(12-21(22)17(2)15-28(32,3)4)13-24-26(34)31(27(35)37-24)16-25(33)30-20-9-7-19(29)8-10-20/h7-10,12-15H,6,11,16H2,1-5H3,(H,30,33)/b24-13+. The number of carbonyl (C=O) groups is 3. The number of amides is 3. The van der Waals surface area contributed by atoms with Crippen LogP contribution in [0.15, 0.2) is 47.4 Å². The van der Waals surface area contributed by atoms with Crippen LogP contribution in [0.4, 0.5) is 16.2 Å². The normalized spacial score (nSPS) is 17.7. The third kappa shape index (κ3) is 5.55. The number of nitrogens with one attached hydrogen (secondary N) is 1. The van der Waals surface area contributed by atoms with Gasteiger partial charge >= 0.3 is 0 Å². The molecule has 1 fully saturated rings. The summed E-state index contributed by atoms with van der Waals surface area (Å²) in [4.78, 5) is 41.8. The van der Waals surface area contributed by atoms with E-state index in [9.17, 15) is 14.4 Å². The van der Waals surface area contributed by atoms with Crippen molar-refractivity contribution >= 4 is 63.4 Å². The minimum Gasteiger partial charge on any atom is -0.496 e. The van der Waals surface area contributed by atoms with Crippen LogP contribution in [0, 0.1) is 0 Å². The fourth-order valence-corrected chi connectivity index (χ4v) is 5.65. The van der Waals surface area contributed by atoms with E-state index in [1.54, 1.807) is 37.5 Å². The summed E-state index contributed by atoms with van der Waals surface area (Å²) in [5, 5.41) is 2.72. The summed E-state index contributed by atoms with van der Waals surface area (Å²) in [7, 11) is 1.59. The van der Waals surface area contributed by atoms with Gasteiger partial charge in [0.2, 0.25) is 5.91 Å². The van der Waals surface area contributed by atoms with Crippen LogP contribution in [0.5, 0.6) is 5.75 Å². The highest BCUT2D eigenvalue weighted by molar-refractivity contribution is 8.18. The molecular weight excluding hydrogens is 510 g/mol. The van der Waals surface area contributed by atoms with Crippen LogP contribution >= 0.6 is 23.4 Å². The third-order valence-electron chi connectivity index (χ3n) is 6.37. The molecule has 0 unspecified atom stereocenters. The van der Waals surface area contributed by atoms with E-state index in [4.69, 9.17) is 16.3 Å². The minimum atomic E-state index is -0.512. The van der Waals surface area contributed by atoms with Gasteiger partial charge in [0.05, 0.1) is 17.6 Å². The van der Waals surface area contributed by atoms with Crippen molar-refractivity contribution in [2.45, 2.75) is 39.7 Å². The number of carbonyl (C=O) groups excluding carboxylic acids is 3. The van der Waals surface area contributed by atoms with Gasteiger partial charge in [0.25, 0.3) is 11.1 Å². The molecule has 2 aromatic carbocycles. The Kier molecular flexibility index (Phi) is 7.71. The molecule has 1 saturated heterocycles. The first-order valence-electron chi connectivity index (χ1n) is 12.0. The molecule has 3 amide bonds. The van der Waals surface area contributed by atoms with Gasteiger partial charge in [-0.25, -0.2) is 0 Å². The smallest absolute Gasteiger partial charge is 0.294 e. The molecule has 0 atom stereocenters. The van der Waals surface area contributed by atoms with E-state index in [0.717, 1.165) is 46.5 Å². The minimum absolute atomic E-state index is 0.144. The van der Waals surface area contributed by atoms with E-state index >= 15 is 0 Å². The maximum Gasteiger partial charge on any atom is 0.294 e. The molecule has 0 saturated carbocycles. The Bertz CT molecular complexity index is 1320. The second-order valence-corrected chi connectivity index (χ2v) is 11.0. The molecule has 7 nitrogen and oxygen atoms in total. The Morgan fingerprint density at radius 1 is 1.19 bits per heavy atom. The highest BCUT2D eigenvalue weighted by atomic mass is 35.5. The number of methoxy groups -OCH3 is 1. The van der Waals surface area contributed by atoms with Gasteiger partial charge in [0.1, 0.15) is 12.3 Å². The second-order valence-electron chi connectivity index (χ2n) is 9.57. The Balaban J connectivity index is 1.60. The van der Waals surface area contributed by atoms with Crippen LogP contribution in [0.1, 0.15) is 45.2 Å². The van der Waals surface area contributed by atoms with Crippen molar-refractivity contribution in [3.63, 3.8) is 0 Å². The summed E-state index contributed by atoms with van der Waals surface area (Å²) in [5.41, 5.74) is 4.35. The number of allylic oxidation sites excluding steroid dienone is 1. The van der Waals surface area contributed by atoms with Crippen LogP contribution < -0.4 is 15.0 Å². The van der Waals surface area contributed by atoms with Gasteiger partial charge in [-0.1, -0.05) is 24.6 Å². The maximum atomic E-state index is 13.1. The number of imide groups is 1. The zero-order chi connectivity index (χ0) is 26.9. The number of nitrogens with zero attached hydrogens (tertiary/aromatic N) is 2. The number of hydrogen-bond donors (Lipinski definition) is 1. The monoisotopic (exact) mass is 539 g/mol. The molecule has 4 rings (SSSR count). The van der Waals surface area contributed by atoms with Gasteiger partial charge in [0.15, 0.2) is 0 Å². The molecule has 37 heavy (non-hydrogen) atoms. The van der Waals surface area contributed by atoms with Crippen LogP contribution in [-0.2, 0) is 9.59 Å². The first-order chi connectivity index (χ1) is 17.5. The van der Waals surface area contributed by atoms with Crippen molar-refractivity contribution in [1.82, 2.24) is 4.90 Å². The van der Waals surface area contributed by atoms with Gasteiger partial charge in [-0.15, -0.1) is 0 Å². The summed E-state index contributed by atoms with van der Waals surface area (Å²) >= 11 is 6.69. The van der Waals surface area contributed by atoms with Crippen LogP contribution in [0.3, 0.4) is 0 Å². The molecule has 1 N–H and O–H groups in total. The van der Waals surface area contributed by atoms with Crippen LogP contribution in [0.25, 0.3) is 11.6 Å². The predicted molar refractivity (Wildman–Crippen MR) is 151 cm³/mol. The van der Waals surface area contributed by atoms with Crippen molar-refractivity contribution in [3.05, 3.63) is 63.5 Å². The summed E-state index contributed by atoms with van der Waals surface area (Å²) in [6, 6.07) is 10.6. The quantitative estimate of drug-likeness (QED) is 0.408. The van der Waals surface area contributed by atoms with Crippen LogP contribution in [0.2, 0.25) is 5.02 Å². The molecule has 2 aliphatic rings. The SMILES string of the molecule is CCCN1c2cc(OC)c(/C=C3/SC(=O)N(CC(=O)Nc4ccc(Cl)cc4)C3=O)cc2C(C)=CC1(C)C. The van der Waals surface area contributed by atoms with E-state index in [0.29, 0.717) is 22.0 Å². The first-order valence-corrected chi connectivity index (χ1v) is 13.2. The van der Waals surface area contributed by atoms with Gasteiger partial charge in [-0.3, -0.25) is 19.3 Å². The number of thioether (sulfide) groups is 1. The zero-order valence-electron chi connectivity index (χ0n) is 21.6. The summed E-state index contributed by atoms with van der Waals surface area (Å²) in [5.74, 6) is -0.378. The molecule has 0 aromatic heterocycles. The number of rotatable bonds is 7. The number of hydrogen-bond acceptors (Lipinski definition) is 6.